The lowest BCUT2D eigenvalue weighted by atomic mass is 10.1. The molecular weight excluding hydrogens is 302 g/mol. The SMILES string of the molecule is C[C@H]([NH2+]CC(=O)NC(=O)NC1CCCC1)c1ccc(Cl)cc1. The highest BCUT2D eigenvalue weighted by atomic mass is 35.5. The van der Waals surface area contributed by atoms with E-state index in [0.717, 1.165) is 31.2 Å². The van der Waals surface area contributed by atoms with Crippen molar-refractivity contribution in [3.05, 3.63) is 34.9 Å². The molecule has 0 heterocycles. The van der Waals surface area contributed by atoms with Crippen molar-refractivity contribution in [2.24, 2.45) is 0 Å². The molecule has 0 bridgehead atoms. The van der Waals surface area contributed by atoms with Crippen LogP contribution in [0.1, 0.15) is 44.2 Å². The van der Waals surface area contributed by atoms with Crippen molar-refractivity contribution in [1.82, 2.24) is 10.6 Å². The minimum Gasteiger partial charge on any atom is -0.335 e. The Hall–Kier alpha value is -1.59. The fraction of sp³-hybridized carbons (Fsp3) is 0.500. The van der Waals surface area contributed by atoms with Crippen LogP contribution in [0.4, 0.5) is 4.79 Å². The number of carbonyl (C=O) groups excluding carboxylic acids is 2. The Morgan fingerprint density at radius 3 is 2.55 bits per heavy atom. The van der Waals surface area contributed by atoms with E-state index in [4.69, 9.17) is 11.6 Å². The summed E-state index contributed by atoms with van der Waals surface area (Å²) in [7, 11) is 0. The van der Waals surface area contributed by atoms with Crippen LogP contribution in [-0.4, -0.2) is 24.5 Å². The van der Waals surface area contributed by atoms with Crippen molar-refractivity contribution in [2.75, 3.05) is 6.54 Å². The van der Waals surface area contributed by atoms with Gasteiger partial charge in [0.25, 0.3) is 5.91 Å². The van der Waals surface area contributed by atoms with Crippen molar-refractivity contribution in [3.8, 4) is 0 Å². The van der Waals surface area contributed by atoms with Gasteiger partial charge in [0.15, 0.2) is 6.54 Å². The Morgan fingerprint density at radius 2 is 1.91 bits per heavy atom. The third kappa shape index (κ3) is 5.31. The number of carbonyl (C=O) groups is 2. The second-order valence-electron chi connectivity index (χ2n) is 5.78. The van der Waals surface area contributed by atoms with Crippen molar-refractivity contribution in [1.29, 1.82) is 0 Å². The van der Waals surface area contributed by atoms with E-state index in [1.165, 1.54) is 0 Å². The maximum absolute atomic E-state index is 11.8. The van der Waals surface area contributed by atoms with Crippen LogP contribution in [0.2, 0.25) is 5.02 Å². The first-order valence-corrected chi connectivity index (χ1v) is 8.11. The quantitative estimate of drug-likeness (QED) is 0.771. The number of urea groups is 1. The molecule has 0 aliphatic heterocycles. The van der Waals surface area contributed by atoms with Gasteiger partial charge in [-0.2, -0.15) is 0 Å². The number of hydrogen-bond acceptors (Lipinski definition) is 2. The summed E-state index contributed by atoms with van der Waals surface area (Å²) in [6.45, 7) is 2.22. The fourth-order valence-corrected chi connectivity index (χ4v) is 2.78. The van der Waals surface area contributed by atoms with Crippen LogP contribution < -0.4 is 16.0 Å². The summed E-state index contributed by atoms with van der Waals surface area (Å²) < 4.78 is 0. The molecule has 5 nitrogen and oxygen atoms in total. The van der Waals surface area contributed by atoms with E-state index in [2.05, 4.69) is 10.6 Å². The molecule has 1 atom stereocenters. The Kier molecular flexibility index (Phi) is 6.21. The summed E-state index contributed by atoms with van der Waals surface area (Å²) in [5.74, 6) is -0.281. The zero-order valence-electron chi connectivity index (χ0n) is 12.8. The van der Waals surface area contributed by atoms with Crippen LogP contribution in [0.5, 0.6) is 0 Å². The lowest BCUT2D eigenvalue weighted by molar-refractivity contribution is -0.682. The molecule has 0 aromatic heterocycles. The number of halogens is 1. The molecule has 2 rings (SSSR count). The van der Waals surface area contributed by atoms with Gasteiger partial charge in [0, 0.05) is 16.6 Å². The number of hydrogen-bond donors (Lipinski definition) is 3. The second kappa shape index (κ2) is 8.15. The van der Waals surface area contributed by atoms with Gasteiger partial charge in [0.2, 0.25) is 0 Å². The highest BCUT2D eigenvalue weighted by molar-refractivity contribution is 6.30. The van der Waals surface area contributed by atoms with E-state index in [9.17, 15) is 9.59 Å². The molecule has 0 spiro atoms. The van der Waals surface area contributed by atoms with Gasteiger partial charge in [-0.05, 0) is 31.9 Å². The van der Waals surface area contributed by atoms with Crippen molar-refractivity contribution in [3.63, 3.8) is 0 Å². The molecular formula is C16H23ClN3O2+. The smallest absolute Gasteiger partial charge is 0.321 e. The summed E-state index contributed by atoms with van der Waals surface area (Å²) in [5, 5.41) is 7.80. The molecule has 1 saturated carbocycles. The molecule has 0 saturated heterocycles. The molecule has 6 heteroatoms. The van der Waals surface area contributed by atoms with Gasteiger partial charge in [0.05, 0.1) is 0 Å². The molecule has 1 fully saturated rings. The van der Waals surface area contributed by atoms with Crippen molar-refractivity contribution in [2.45, 2.75) is 44.7 Å². The zero-order chi connectivity index (χ0) is 15.9. The number of amides is 3. The lowest BCUT2D eigenvalue weighted by Gasteiger charge is -2.13. The van der Waals surface area contributed by atoms with Crippen LogP contribution in [0.15, 0.2) is 24.3 Å². The summed E-state index contributed by atoms with van der Waals surface area (Å²) in [4.78, 5) is 23.5. The first kappa shape index (κ1) is 16.8. The Balaban J connectivity index is 1.70. The van der Waals surface area contributed by atoms with Gasteiger partial charge < -0.3 is 10.6 Å². The Labute approximate surface area is 135 Å². The van der Waals surface area contributed by atoms with Gasteiger partial charge in [-0.15, -0.1) is 0 Å². The number of benzene rings is 1. The topological polar surface area (TPSA) is 74.8 Å². The van der Waals surface area contributed by atoms with Gasteiger partial charge in [-0.3, -0.25) is 10.1 Å². The average molecular weight is 325 g/mol. The van der Waals surface area contributed by atoms with Gasteiger partial charge in [-0.1, -0.05) is 36.6 Å². The monoisotopic (exact) mass is 324 g/mol. The Morgan fingerprint density at radius 1 is 1.27 bits per heavy atom. The lowest BCUT2D eigenvalue weighted by Crippen LogP contribution is -2.87. The maximum Gasteiger partial charge on any atom is 0.321 e. The molecule has 120 valence electrons. The number of nitrogens with two attached hydrogens (primary N) is 1. The third-order valence-electron chi connectivity index (χ3n) is 4.00. The second-order valence-corrected chi connectivity index (χ2v) is 6.22. The molecule has 1 aliphatic carbocycles. The standard InChI is InChI=1S/C16H22ClN3O2/c1-11(12-6-8-13(17)9-7-12)18-10-15(21)20-16(22)19-14-4-2-3-5-14/h6-9,11,14,18H,2-5,10H2,1H3,(H2,19,20,21,22)/p+1/t11-/m0/s1. The normalized spacial score (nSPS) is 16.3. The number of rotatable bonds is 5. The molecule has 1 aromatic carbocycles. The van der Waals surface area contributed by atoms with E-state index in [-0.39, 0.29) is 30.6 Å². The first-order valence-electron chi connectivity index (χ1n) is 7.73. The van der Waals surface area contributed by atoms with Crippen molar-refractivity contribution >= 4 is 23.5 Å². The van der Waals surface area contributed by atoms with Crippen LogP contribution in [0.25, 0.3) is 0 Å². The van der Waals surface area contributed by atoms with Crippen LogP contribution >= 0.6 is 11.6 Å². The van der Waals surface area contributed by atoms with Gasteiger partial charge >= 0.3 is 6.03 Å². The predicted octanol–water partition coefficient (Wildman–Crippen LogP) is 1.73. The molecule has 4 N–H and O–H groups in total. The molecule has 0 radical (unpaired) electrons. The molecule has 0 unspecified atom stereocenters. The number of quaternary nitrogens is 1. The van der Waals surface area contributed by atoms with Gasteiger partial charge in [0.1, 0.15) is 6.04 Å². The molecule has 1 aliphatic rings. The van der Waals surface area contributed by atoms with Crippen LogP contribution in [-0.2, 0) is 4.79 Å². The zero-order valence-corrected chi connectivity index (χ0v) is 13.5. The van der Waals surface area contributed by atoms with Crippen LogP contribution in [0.3, 0.4) is 0 Å². The number of imide groups is 1. The van der Waals surface area contributed by atoms with E-state index >= 15 is 0 Å². The average Bonchev–Trinajstić information content (AvgIpc) is 2.98. The fourth-order valence-electron chi connectivity index (χ4n) is 2.66. The first-order chi connectivity index (χ1) is 10.5. The predicted molar refractivity (Wildman–Crippen MR) is 85.6 cm³/mol. The largest absolute Gasteiger partial charge is 0.335 e. The van der Waals surface area contributed by atoms with E-state index in [0.29, 0.717) is 5.02 Å². The summed E-state index contributed by atoms with van der Waals surface area (Å²) in [6.07, 6.45) is 4.29. The van der Waals surface area contributed by atoms with Crippen LogP contribution in [0, 0.1) is 0 Å². The highest BCUT2D eigenvalue weighted by Gasteiger charge is 2.19. The molecule has 3 amide bonds. The summed E-state index contributed by atoms with van der Waals surface area (Å²) >= 11 is 5.85. The number of nitrogens with one attached hydrogen (secondary N) is 2. The summed E-state index contributed by atoms with van der Waals surface area (Å²) in [6, 6.07) is 7.49. The molecule has 1 aromatic rings. The highest BCUT2D eigenvalue weighted by Crippen LogP contribution is 2.17. The minimum absolute atomic E-state index is 0.126. The Bertz CT molecular complexity index is 513. The van der Waals surface area contributed by atoms with E-state index < -0.39 is 0 Å². The maximum atomic E-state index is 11.8. The third-order valence-corrected chi connectivity index (χ3v) is 4.25. The molecule has 22 heavy (non-hydrogen) atoms. The summed E-state index contributed by atoms with van der Waals surface area (Å²) in [5.41, 5.74) is 1.09. The van der Waals surface area contributed by atoms with E-state index in [1.54, 1.807) is 0 Å². The van der Waals surface area contributed by atoms with Crippen molar-refractivity contribution < 1.29 is 14.9 Å². The van der Waals surface area contributed by atoms with E-state index in [1.807, 2.05) is 36.5 Å². The minimum atomic E-state index is -0.385. The van der Waals surface area contributed by atoms with Gasteiger partial charge in [-0.25, -0.2) is 4.79 Å².